The number of fused-ring (bicyclic) bond motifs is 1. The molecule has 3 atom stereocenters. The molecule has 0 aromatic carbocycles. The largest absolute Gasteiger partial charge is 0.459 e. The SMILES string of the molecule is CCCCCCCC[C@H]1OC(=O)[C@@H]2OC(=O)/C(=C\c3ccncc3)[C@H]12. The fraction of sp³-hybridized carbons (Fsp3) is 0.550. The zero-order valence-electron chi connectivity index (χ0n) is 14.6. The number of nitrogens with zero attached hydrogens (tertiary/aromatic N) is 1. The zero-order valence-corrected chi connectivity index (χ0v) is 14.6. The van der Waals surface area contributed by atoms with Crippen LogP contribution >= 0.6 is 0 Å². The molecule has 2 saturated heterocycles. The molecule has 3 heterocycles. The van der Waals surface area contributed by atoms with Gasteiger partial charge in [-0.25, -0.2) is 9.59 Å². The fourth-order valence-corrected chi connectivity index (χ4v) is 3.59. The van der Waals surface area contributed by atoms with E-state index < -0.39 is 18.0 Å². The van der Waals surface area contributed by atoms with Gasteiger partial charge in [0.15, 0.2) is 0 Å². The molecule has 2 aliphatic rings. The summed E-state index contributed by atoms with van der Waals surface area (Å²) in [5, 5.41) is 0. The van der Waals surface area contributed by atoms with Crippen molar-refractivity contribution in [3.05, 3.63) is 35.7 Å². The van der Waals surface area contributed by atoms with Crippen molar-refractivity contribution in [3.8, 4) is 0 Å². The van der Waals surface area contributed by atoms with Crippen LogP contribution in [-0.2, 0) is 19.1 Å². The van der Waals surface area contributed by atoms with Crippen molar-refractivity contribution < 1.29 is 19.1 Å². The Balaban J connectivity index is 1.66. The van der Waals surface area contributed by atoms with Gasteiger partial charge in [0.1, 0.15) is 6.10 Å². The lowest BCUT2D eigenvalue weighted by Gasteiger charge is -2.15. The third-order valence-corrected chi connectivity index (χ3v) is 4.93. The second-order valence-corrected chi connectivity index (χ2v) is 6.76. The highest BCUT2D eigenvalue weighted by atomic mass is 16.6. The zero-order chi connectivity index (χ0) is 17.6. The third kappa shape index (κ3) is 4.09. The summed E-state index contributed by atoms with van der Waals surface area (Å²) in [7, 11) is 0. The molecule has 0 bridgehead atoms. The Bertz CT molecular complexity index is 640. The minimum absolute atomic E-state index is 0.261. The van der Waals surface area contributed by atoms with Crippen molar-refractivity contribution in [2.24, 2.45) is 5.92 Å². The van der Waals surface area contributed by atoms with E-state index in [4.69, 9.17) is 9.47 Å². The summed E-state index contributed by atoms with van der Waals surface area (Å²) in [4.78, 5) is 28.2. The molecule has 0 amide bonds. The monoisotopic (exact) mass is 343 g/mol. The highest BCUT2D eigenvalue weighted by Crippen LogP contribution is 2.40. The number of pyridine rings is 1. The van der Waals surface area contributed by atoms with Crippen LogP contribution in [0.15, 0.2) is 30.1 Å². The Kier molecular flexibility index (Phi) is 5.84. The van der Waals surface area contributed by atoms with E-state index in [9.17, 15) is 9.59 Å². The lowest BCUT2D eigenvalue weighted by Crippen LogP contribution is -2.22. The second kappa shape index (κ2) is 8.28. The summed E-state index contributed by atoms with van der Waals surface area (Å²) in [6.07, 6.45) is 12.0. The van der Waals surface area contributed by atoms with Crippen LogP contribution in [0.3, 0.4) is 0 Å². The molecule has 0 radical (unpaired) electrons. The van der Waals surface area contributed by atoms with Gasteiger partial charge in [0, 0.05) is 18.0 Å². The Morgan fingerprint density at radius 3 is 2.52 bits per heavy atom. The number of rotatable bonds is 8. The molecule has 0 N–H and O–H groups in total. The summed E-state index contributed by atoms with van der Waals surface area (Å²) in [5.74, 6) is -1.10. The average Bonchev–Trinajstić information content (AvgIpc) is 3.09. The van der Waals surface area contributed by atoms with Crippen LogP contribution in [-0.4, -0.2) is 29.1 Å². The maximum absolute atomic E-state index is 12.2. The Hall–Kier alpha value is -2.17. The smallest absolute Gasteiger partial charge is 0.348 e. The molecule has 0 saturated carbocycles. The van der Waals surface area contributed by atoms with E-state index in [1.807, 2.05) is 12.1 Å². The first-order chi connectivity index (χ1) is 12.2. The van der Waals surface area contributed by atoms with Crippen LogP contribution in [0.4, 0.5) is 0 Å². The van der Waals surface area contributed by atoms with Gasteiger partial charge in [0.2, 0.25) is 6.10 Å². The third-order valence-electron chi connectivity index (χ3n) is 4.93. The van der Waals surface area contributed by atoms with Crippen molar-refractivity contribution in [1.82, 2.24) is 4.98 Å². The van der Waals surface area contributed by atoms with Gasteiger partial charge >= 0.3 is 11.9 Å². The second-order valence-electron chi connectivity index (χ2n) is 6.76. The van der Waals surface area contributed by atoms with Crippen LogP contribution in [0.2, 0.25) is 0 Å². The molecule has 1 aromatic heterocycles. The van der Waals surface area contributed by atoms with Gasteiger partial charge in [0.05, 0.1) is 5.92 Å². The Morgan fingerprint density at radius 1 is 1.04 bits per heavy atom. The molecular formula is C20H25NO4. The molecule has 134 valence electrons. The van der Waals surface area contributed by atoms with E-state index in [1.54, 1.807) is 18.5 Å². The quantitative estimate of drug-likeness (QED) is 0.409. The molecule has 2 aliphatic heterocycles. The summed E-state index contributed by atoms with van der Waals surface area (Å²) in [5.41, 5.74) is 1.42. The lowest BCUT2D eigenvalue weighted by molar-refractivity contribution is -0.156. The lowest BCUT2D eigenvalue weighted by atomic mass is 9.88. The molecule has 5 nitrogen and oxygen atoms in total. The normalized spacial score (nSPS) is 26.6. The number of carbonyl (C=O) groups is 2. The molecule has 1 aromatic rings. The predicted octanol–water partition coefficient (Wildman–Crippen LogP) is 3.68. The number of esters is 2. The maximum Gasteiger partial charge on any atom is 0.348 e. The van der Waals surface area contributed by atoms with Gasteiger partial charge in [-0.05, 0) is 36.6 Å². The number of ether oxygens (including phenoxy) is 2. The van der Waals surface area contributed by atoms with Crippen LogP contribution in [0.25, 0.3) is 6.08 Å². The topological polar surface area (TPSA) is 65.5 Å². The molecular weight excluding hydrogens is 318 g/mol. The first kappa shape index (κ1) is 17.6. The van der Waals surface area contributed by atoms with Gasteiger partial charge in [-0.1, -0.05) is 39.0 Å². The van der Waals surface area contributed by atoms with Crippen molar-refractivity contribution in [3.63, 3.8) is 0 Å². The van der Waals surface area contributed by atoms with Gasteiger partial charge in [-0.3, -0.25) is 4.98 Å². The first-order valence-electron chi connectivity index (χ1n) is 9.24. The highest BCUT2D eigenvalue weighted by molar-refractivity contribution is 6.01. The van der Waals surface area contributed by atoms with Gasteiger partial charge in [0.25, 0.3) is 0 Å². The van der Waals surface area contributed by atoms with E-state index >= 15 is 0 Å². The molecule has 0 spiro atoms. The minimum Gasteiger partial charge on any atom is -0.459 e. The van der Waals surface area contributed by atoms with Crippen molar-refractivity contribution in [2.45, 2.75) is 64.1 Å². The number of unbranched alkanes of at least 4 members (excludes halogenated alkanes) is 5. The van der Waals surface area contributed by atoms with E-state index in [-0.39, 0.29) is 12.0 Å². The number of cyclic esters (lactones) is 1. The first-order valence-corrected chi connectivity index (χ1v) is 9.24. The summed E-state index contributed by atoms with van der Waals surface area (Å²) < 4.78 is 10.8. The molecule has 3 rings (SSSR count). The van der Waals surface area contributed by atoms with Crippen molar-refractivity contribution >= 4 is 18.0 Å². The van der Waals surface area contributed by atoms with Crippen molar-refractivity contribution in [1.29, 1.82) is 0 Å². The summed E-state index contributed by atoms with van der Waals surface area (Å²) in [6, 6.07) is 3.65. The maximum atomic E-state index is 12.2. The fourth-order valence-electron chi connectivity index (χ4n) is 3.59. The van der Waals surface area contributed by atoms with Crippen molar-refractivity contribution in [2.75, 3.05) is 0 Å². The molecule has 0 aliphatic carbocycles. The highest BCUT2D eigenvalue weighted by Gasteiger charge is 2.55. The van der Waals surface area contributed by atoms with E-state index in [2.05, 4.69) is 11.9 Å². The Labute approximate surface area is 148 Å². The van der Waals surface area contributed by atoms with Gasteiger partial charge < -0.3 is 9.47 Å². The summed E-state index contributed by atoms with van der Waals surface area (Å²) in [6.45, 7) is 2.20. The van der Waals surface area contributed by atoms with E-state index in [0.717, 1.165) is 24.8 Å². The number of aromatic nitrogens is 1. The number of carbonyl (C=O) groups excluding carboxylic acids is 2. The summed E-state index contributed by atoms with van der Waals surface area (Å²) >= 11 is 0. The van der Waals surface area contributed by atoms with Crippen LogP contribution in [0.1, 0.15) is 57.4 Å². The molecule has 2 fully saturated rings. The van der Waals surface area contributed by atoms with E-state index in [1.165, 1.54) is 25.7 Å². The molecule has 25 heavy (non-hydrogen) atoms. The minimum atomic E-state index is -0.773. The predicted molar refractivity (Wildman–Crippen MR) is 93.5 cm³/mol. The molecule has 0 unspecified atom stereocenters. The Morgan fingerprint density at radius 2 is 1.76 bits per heavy atom. The standard InChI is InChI=1S/C20H25NO4/c1-2-3-4-5-6-7-8-16-17-15(13-14-9-11-21-12-10-14)19(22)25-18(17)20(23)24-16/h9-13,16-18H,2-8H2,1H3/b15-13-/t16-,17-,18-/m1/s1. The number of hydrogen-bond acceptors (Lipinski definition) is 5. The number of hydrogen-bond donors (Lipinski definition) is 0. The van der Waals surface area contributed by atoms with Gasteiger partial charge in [-0.2, -0.15) is 0 Å². The average molecular weight is 343 g/mol. The van der Waals surface area contributed by atoms with Gasteiger partial charge in [-0.15, -0.1) is 0 Å². The van der Waals surface area contributed by atoms with Crippen LogP contribution in [0.5, 0.6) is 0 Å². The van der Waals surface area contributed by atoms with Crippen LogP contribution < -0.4 is 0 Å². The van der Waals surface area contributed by atoms with E-state index in [0.29, 0.717) is 5.57 Å². The molecule has 5 heteroatoms. The van der Waals surface area contributed by atoms with Crippen LogP contribution in [0, 0.1) is 5.92 Å².